The quantitative estimate of drug-likeness (QED) is 0.808. The number of anilines is 1. The van der Waals surface area contributed by atoms with Gasteiger partial charge >= 0.3 is 0 Å². The van der Waals surface area contributed by atoms with Crippen LogP contribution in [0.15, 0.2) is 48.5 Å². The van der Waals surface area contributed by atoms with Crippen molar-refractivity contribution < 1.29 is 4.79 Å². The summed E-state index contributed by atoms with van der Waals surface area (Å²) in [5.41, 5.74) is 4.51. The fourth-order valence-corrected chi connectivity index (χ4v) is 2.96. The van der Waals surface area contributed by atoms with Gasteiger partial charge in [0.2, 0.25) is 5.91 Å². The zero-order chi connectivity index (χ0) is 17.5. The predicted molar refractivity (Wildman–Crippen MR) is 101 cm³/mol. The maximum absolute atomic E-state index is 12.6. The van der Waals surface area contributed by atoms with E-state index in [-0.39, 0.29) is 11.8 Å². The van der Waals surface area contributed by atoms with Crippen molar-refractivity contribution >= 4 is 11.6 Å². The van der Waals surface area contributed by atoms with Crippen LogP contribution in [-0.2, 0) is 11.3 Å². The predicted octanol–water partition coefficient (Wildman–Crippen LogP) is 4.58. The minimum absolute atomic E-state index is 0.0783. The third kappa shape index (κ3) is 5.20. The first kappa shape index (κ1) is 18.2. The molecule has 0 fully saturated rings. The maximum Gasteiger partial charge on any atom is 0.224 e. The van der Waals surface area contributed by atoms with E-state index in [0.29, 0.717) is 6.42 Å². The molecule has 0 bridgehead atoms. The first-order valence-corrected chi connectivity index (χ1v) is 8.58. The molecule has 3 heteroatoms. The molecule has 0 aliphatic rings. The Kier molecular flexibility index (Phi) is 6.56. The summed E-state index contributed by atoms with van der Waals surface area (Å²) >= 11 is 0. The van der Waals surface area contributed by atoms with E-state index in [1.54, 1.807) is 0 Å². The van der Waals surface area contributed by atoms with Gasteiger partial charge in [-0.2, -0.15) is 0 Å². The lowest BCUT2D eigenvalue weighted by atomic mass is 9.93. The Bertz CT molecular complexity index is 665. The molecule has 128 valence electrons. The van der Waals surface area contributed by atoms with Gasteiger partial charge in [0.15, 0.2) is 0 Å². The zero-order valence-corrected chi connectivity index (χ0v) is 15.2. The lowest BCUT2D eigenvalue weighted by Crippen LogP contribution is -2.18. The van der Waals surface area contributed by atoms with Crippen molar-refractivity contribution in [3.8, 4) is 0 Å². The van der Waals surface area contributed by atoms with Crippen LogP contribution >= 0.6 is 0 Å². The van der Waals surface area contributed by atoms with Gasteiger partial charge in [-0.3, -0.25) is 4.79 Å². The second-order valence-electron chi connectivity index (χ2n) is 6.67. The molecule has 1 unspecified atom stereocenters. The Labute approximate surface area is 145 Å². The molecule has 0 saturated carbocycles. The smallest absolute Gasteiger partial charge is 0.224 e. The number of carbonyl (C=O) groups excluding carboxylic acids is 1. The number of nitrogens with zero attached hydrogens (tertiary/aromatic N) is 1. The molecule has 2 aromatic rings. The van der Waals surface area contributed by atoms with Gasteiger partial charge in [0.1, 0.15) is 0 Å². The Balaban J connectivity index is 2.09. The van der Waals surface area contributed by atoms with E-state index in [0.717, 1.165) is 24.2 Å². The third-order valence-corrected chi connectivity index (χ3v) is 4.22. The average molecular weight is 324 g/mol. The zero-order valence-electron chi connectivity index (χ0n) is 15.2. The highest BCUT2D eigenvalue weighted by Gasteiger charge is 2.15. The van der Waals surface area contributed by atoms with Gasteiger partial charge in [-0.05, 0) is 50.6 Å². The van der Waals surface area contributed by atoms with Gasteiger partial charge in [0.25, 0.3) is 0 Å². The number of aryl methyl sites for hydroxylation is 1. The minimum atomic E-state index is 0.0783. The summed E-state index contributed by atoms with van der Waals surface area (Å²) in [7, 11) is 4.08. The van der Waals surface area contributed by atoms with E-state index in [1.807, 2.05) is 44.4 Å². The summed E-state index contributed by atoms with van der Waals surface area (Å²) in [6, 6.07) is 16.5. The van der Waals surface area contributed by atoms with Gasteiger partial charge in [-0.1, -0.05) is 55.0 Å². The van der Waals surface area contributed by atoms with Crippen molar-refractivity contribution in [3.63, 3.8) is 0 Å². The van der Waals surface area contributed by atoms with Crippen molar-refractivity contribution in [1.29, 1.82) is 0 Å². The van der Waals surface area contributed by atoms with Crippen LogP contribution < -0.4 is 5.32 Å². The van der Waals surface area contributed by atoms with Crippen LogP contribution in [0.5, 0.6) is 0 Å². The average Bonchev–Trinajstić information content (AvgIpc) is 2.55. The molecule has 24 heavy (non-hydrogen) atoms. The molecule has 0 aliphatic heterocycles. The Morgan fingerprint density at radius 3 is 2.46 bits per heavy atom. The van der Waals surface area contributed by atoms with Crippen molar-refractivity contribution in [2.24, 2.45) is 0 Å². The summed E-state index contributed by atoms with van der Waals surface area (Å²) in [6.45, 7) is 5.02. The fourth-order valence-electron chi connectivity index (χ4n) is 2.96. The molecule has 0 spiro atoms. The van der Waals surface area contributed by atoms with Crippen LogP contribution in [0.4, 0.5) is 5.69 Å². The van der Waals surface area contributed by atoms with E-state index < -0.39 is 0 Å². The molecule has 0 aliphatic carbocycles. The molecule has 2 rings (SSSR count). The molecule has 0 radical (unpaired) electrons. The summed E-state index contributed by atoms with van der Waals surface area (Å²) < 4.78 is 0. The lowest BCUT2D eigenvalue weighted by molar-refractivity contribution is -0.116. The lowest BCUT2D eigenvalue weighted by Gasteiger charge is -2.18. The maximum atomic E-state index is 12.6. The Morgan fingerprint density at radius 2 is 1.83 bits per heavy atom. The first-order valence-electron chi connectivity index (χ1n) is 8.58. The number of hydrogen-bond acceptors (Lipinski definition) is 2. The van der Waals surface area contributed by atoms with E-state index in [2.05, 4.69) is 42.3 Å². The molecule has 2 aromatic carbocycles. The standard InChI is InChI=1S/C21H28N2O/c1-5-17(18-9-7-6-8-10-18)14-21(24)22-20-12-11-16(2)13-19(20)15-23(3)4/h6-13,17H,5,14-15H2,1-4H3,(H,22,24). The van der Waals surface area contributed by atoms with Crippen LogP contribution in [0.2, 0.25) is 0 Å². The van der Waals surface area contributed by atoms with Crippen molar-refractivity contribution in [2.75, 3.05) is 19.4 Å². The highest BCUT2D eigenvalue weighted by atomic mass is 16.1. The number of rotatable bonds is 7. The molecule has 0 heterocycles. The highest BCUT2D eigenvalue weighted by molar-refractivity contribution is 5.92. The van der Waals surface area contributed by atoms with Gasteiger partial charge in [-0.25, -0.2) is 0 Å². The summed E-state index contributed by atoms with van der Waals surface area (Å²) in [5, 5.41) is 3.11. The second-order valence-corrected chi connectivity index (χ2v) is 6.67. The molecule has 1 atom stereocenters. The van der Waals surface area contributed by atoms with Crippen molar-refractivity contribution in [2.45, 2.75) is 39.2 Å². The number of benzene rings is 2. The van der Waals surface area contributed by atoms with E-state index in [9.17, 15) is 4.79 Å². The van der Waals surface area contributed by atoms with E-state index >= 15 is 0 Å². The fraction of sp³-hybridized carbons (Fsp3) is 0.381. The van der Waals surface area contributed by atoms with Crippen molar-refractivity contribution in [1.82, 2.24) is 4.90 Å². The van der Waals surface area contributed by atoms with Gasteiger partial charge in [0, 0.05) is 18.7 Å². The SMILES string of the molecule is CCC(CC(=O)Nc1ccc(C)cc1CN(C)C)c1ccccc1. The molecule has 3 nitrogen and oxygen atoms in total. The molecule has 0 saturated heterocycles. The van der Waals surface area contributed by atoms with Crippen LogP contribution in [0.25, 0.3) is 0 Å². The van der Waals surface area contributed by atoms with Crippen LogP contribution in [0, 0.1) is 6.92 Å². The number of nitrogens with one attached hydrogen (secondary N) is 1. The molecule has 1 N–H and O–H groups in total. The summed E-state index contributed by atoms with van der Waals surface area (Å²) in [5.74, 6) is 0.337. The largest absolute Gasteiger partial charge is 0.326 e. The monoisotopic (exact) mass is 324 g/mol. The Morgan fingerprint density at radius 1 is 1.12 bits per heavy atom. The third-order valence-electron chi connectivity index (χ3n) is 4.22. The highest BCUT2D eigenvalue weighted by Crippen LogP contribution is 2.25. The van der Waals surface area contributed by atoms with E-state index in [4.69, 9.17) is 0 Å². The van der Waals surface area contributed by atoms with Gasteiger partial charge in [-0.15, -0.1) is 0 Å². The van der Waals surface area contributed by atoms with Gasteiger partial charge in [0.05, 0.1) is 0 Å². The molecular formula is C21H28N2O. The van der Waals surface area contributed by atoms with E-state index in [1.165, 1.54) is 11.1 Å². The molecular weight excluding hydrogens is 296 g/mol. The number of hydrogen-bond donors (Lipinski definition) is 1. The minimum Gasteiger partial charge on any atom is -0.326 e. The number of amides is 1. The molecule has 0 aromatic heterocycles. The summed E-state index contributed by atoms with van der Waals surface area (Å²) in [4.78, 5) is 14.7. The molecule has 1 amide bonds. The normalized spacial score (nSPS) is 12.2. The number of carbonyl (C=O) groups is 1. The second kappa shape index (κ2) is 8.65. The topological polar surface area (TPSA) is 32.3 Å². The van der Waals surface area contributed by atoms with Crippen LogP contribution in [0.1, 0.15) is 42.4 Å². The summed E-state index contributed by atoms with van der Waals surface area (Å²) in [6.07, 6.45) is 1.46. The van der Waals surface area contributed by atoms with Gasteiger partial charge < -0.3 is 10.2 Å². The van der Waals surface area contributed by atoms with Crippen molar-refractivity contribution in [3.05, 3.63) is 65.2 Å². The Hall–Kier alpha value is -2.13. The van der Waals surface area contributed by atoms with Crippen LogP contribution in [0.3, 0.4) is 0 Å². The first-order chi connectivity index (χ1) is 11.5. The van der Waals surface area contributed by atoms with Crippen LogP contribution in [-0.4, -0.2) is 24.9 Å².